The minimum absolute atomic E-state index is 0.171. The molecular formula is C16H20N2O. The highest BCUT2D eigenvalue weighted by Gasteiger charge is 2.43. The number of fused-ring (bicyclic) bond motifs is 4. The first-order valence-electron chi connectivity index (χ1n) is 7.20. The van der Waals surface area contributed by atoms with E-state index in [1.807, 2.05) is 0 Å². The zero-order valence-corrected chi connectivity index (χ0v) is 11.4. The lowest BCUT2D eigenvalue weighted by atomic mass is 9.79. The zero-order valence-electron chi connectivity index (χ0n) is 11.4. The van der Waals surface area contributed by atoms with Crippen LogP contribution in [0.1, 0.15) is 24.1 Å². The quantitative estimate of drug-likeness (QED) is 0.785. The number of hydrogen-bond donors (Lipinski definition) is 1. The molecule has 100 valence electrons. The molecule has 0 amide bonds. The predicted octanol–water partition coefficient (Wildman–Crippen LogP) is 2.66. The molecule has 0 aliphatic carbocycles. The van der Waals surface area contributed by atoms with Crippen LogP contribution in [-0.2, 0) is 16.7 Å². The van der Waals surface area contributed by atoms with Crippen LogP contribution in [0.5, 0.6) is 0 Å². The second-order valence-electron chi connectivity index (χ2n) is 5.84. The van der Waals surface area contributed by atoms with Gasteiger partial charge in [0.2, 0.25) is 0 Å². The van der Waals surface area contributed by atoms with Gasteiger partial charge in [-0.25, -0.2) is 0 Å². The van der Waals surface area contributed by atoms with E-state index in [0.717, 1.165) is 39.0 Å². The SMILES string of the molecule is CN1CCc2c([nH]c3ccccc23)C12CCOCC2. The fourth-order valence-electron chi connectivity index (χ4n) is 3.88. The summed E-state index contributed by atoms with van der Waals surface area (Å²) in [7, 11) is 2.26. The van der Waals surface area contributed by atoms with Crippen LogP contribution >= 0.6 is 0 Å². The van der Waals surface area contributed by atoms with E-state index < -0.39 is 0 Å². The number of nitrogens with zero attached hydrogens (tertiary/aromatic N) is 1. The van der Waals surface area contributed by atoms with Crippen molar-refractivity contribution >= 4 is 10.9 Å². The lowest BCUT2D eigenvalue weighted by Gasteiger charge is -2.47. The molecule has 0 radical (unpaired) electrons. The van der Waals surface area contributed by atoms with Crippen molar-refractivity contribution in [2.45, 2.75) is 24.8 Å². The molecule has 3 heterocycles. The molecular weight excluding hydrogens is 236 g/mol. The Balaban J connectivity index is 1.95. The van der Waals surface area contributed by atoms with Gasteiger partial charge in [-0.15, -0.1) is 0 Å². The molecule has 1 spiro atoms. The number of H-pyrrole nitrogens is 1. The van der Waals surface area contributed by atoms with E-state index in [-0.39, 0.29) is 5.54 Å². The van der Waals surface area contributed by atoms with E-state index in [0.29, 0.717) is 0 Å². The molecule has 1 N–H and O–H groups in total. The summed E-state index contributed by atoms with van der Waals surface area (Å²) in [5, 5.41) is 1.41. The van der Waals surface area contributed by atoms with Gasteiger partial charge in [0.05, 0.1) is 5.54 Å². The first-order valence-corrected chi connectivity index (χ1v) is 7.20. The van der Waals surface area contributed by atoms with E-state index in [1.54, 1.807) is 0 Å². The predicted molar refractivity (Wildman–Crippen MR) is 76.4 cm³/mol. The molecule has 0 unspecified atom stereocenters. The highest BCUT2D eigenvalue weighted by atomic mass is 16.5. The Kier molecular flexibility index (Phi) is 2.47. The maximum absolute atomic E-state index is 5.59. The van der Waals surface area contributed by atoms with E-state index >= 15 is 0 Å². The maximum atomic E-state index is 5.59. The molecule has 19 heavy (non-hydrogen) atoms. The van der Waals surface area contributed by atoms with Gasteiger partial charge in [0.15, 0.2) is 0 Å². The molecule has 0 atom stereocenters. The fourth-order valence-corrected chi connectivity index (χ4v) is 3.88. The van der Waals surface area contributed by atoms with Gasteiger partial charge in [0.1, 0.15) is 0 Å². The van der Waals surface area contributed by atoms with Crippen molar-refractivity contribution in [3.8, 4) is 0 Å². The second-order valence-corrected chi connectivity index (χ2v) is 5.84. The number of aromatic amines is 1. The summed E-state index contributed by atoms with van der Waals surface area (Å²) in [5.41, 5.74) is 4.44. The van der Waals surface area contributed by atoms with Gasteiger partial charge >= 0.3 is 0 Å². The summed E-state index contributed by atoms with van der Waals surface area (Å²) in [6, 6.07) is 8.71. The van der Waals surface area contributed by atoms with Crippen molar-refractivity contribution in [1.82, 2.24) is 9.88 Å². The van der Waals surface area contributed by atoms with Gasteiger partial charge < -0.3 is 9.72 Å². The first kappa shape index (κ1) is 11.5. The second kappa shape index (κ2) is 4.09. The number of rotatable bonds is 0. The van der Waals surface area contributed by atoms with Gasteiger partial charge in [-0.3, -0.25) is 4.90 Å². The Morgan fingerprint density at radius 3 is 2.84 bits per heavy atom. The molecule has 3 nitrogen and oxygen atoms in total. The van der Waals surface area contributed by atoms with Crippen molar-refractivity contribution in [3.05, 3.63) is 35.5 Å². The molecule has 0 bridgehead atoms. The molecule has 1 fully saturated rings. The van der Waals surface area contributed by atoms with E-state index in [4.69, 9.17) is 4.74 Å². The summed E-state index contributed by atoms with van der Waals surface area (Å²) in [6.45, 7) is 2.90. The summed E-state index contributed by atoms with van der Waals surface area (Å²) < 4.78 is 5.59. The third-order valence-electron chi connectivity index (χ3n) is 5.03. The van der Waals surface area contributed by atoms with Crippen LogP contribution in [0.4, 0.5) is 0 Å². The van der Waals surface area contributed by atoms with Crippen molar-refractivity contribution in [1.29, 1.82) is 0 Å². The fraction of sp³-hybridized carbons (Fsp3) is 0.500. The van der Waals surface area contributed by atoms with E-state index in [2.05, 4.69) is 41.2 Å². The molecule has 2 aliphatic heterocycles. The van der Waals surface area contributed by atoms with E-state index in [9.17, 15) is 0 Å². The number of para-hydroxylation sites is 1. The Morgan fingerprint density at radius 1 is 1.21 bits per heavy atom. The summed E-state index contributed by atoms with van der Waals surface area (Å²) in [4.78, 5) is 6.24. The van der Waals surface area contributed by atoms with Gasteiger partial charge in [-0.2, -0.15) is 0 Å². The van der Waals surface area contributed by atoms with Crippen LogP contribution in [-0.4, -0.2) is 36.7 Å². The number of hydrogen-bond acceptors (Lipinski definition) is 2. The number of nitrogens with one attached hydrogen (secondary N) is 1. The lowest BCUT2D eigenvalue weighted by Crippen LogP contribution is -2.51. The monoisotopic (exact) mass is 256 g/mol. The Labute approximate surface area is 113 Å². The van der Waals surface area contributed by atoms with Crippen LogP contribution in [0, 0.1) is 0 Å². The topological polar surface area (TPSA) is 28.3 Å². The van der Waals surface area contributed by atoms with Crippen LogP contribution < -0.4 is 0 Å². The summed E-state index contributed by atoms with van der Waals surface area (Å²) in [6.07, 6.45) is 3.35. The van der Waals surface area contributed by atoms with Gasteiger partial charge in [0.25, 0.3) is 0 Å². The van der Waals surface area contributed by atoms with Crippen molar-refractivity contribution in [2.24, 2.45) is 0 Å². The minimum Gasteiger partial charge on any atom is -0.381 e. The maximum Gasteiger partial charge on any atom is 0.0656 e. The molecule has 2 aliphatic rings. The average molecular weight is 256 g/mol. The van der Waals surface area contributed by atoms with E-state index in [1.165, 1.54) is 22.2 Å². The first-order chi connectivity index (χ1) is 9.31. The van der Waals surface area contributed by atoms with Crippen LogP contribution in [0.3, 0.4) is 0 Å². The molecule has 1 aromatic heterocycles. The number of ether oxygens (including phenoxy) is 1. The highest BCUT2D eigenvalue weighted by Crippen LogP contribution is 2.43. The Hall–Kier alpha value is -1.32. The van der Waals surface area contributed by atoms with Crippen molar-refractivity contribution in [3.63, 3.8) is 0 Å². The molecule has 3 heteroatoms. The summed E-state index contributed by atoms with van der Waals surface area (Å²) in [5.74, 6) is 0. The normalized spacial score (nSPS) is 22.8. The third-order valence-corrected chi connectivity index (χ3v) is 5.03. The highest BCUT2D eigenvalue weighted by molar-refractivity contribution is 5.85. The summed E-state index contributed by atoms with van der Waals surface area (Å²) >= 11 is 0. The molecule has 0 saturated carbocycles. The average Bonchev–Trinajstić information content (AvgIpc) is 2.84. The largest absolute Gasteiger partial charge is 0.381 e. The van der Waals surface area contributed by atoms with Crippen molar-refractivity contribution < 1.29 is 4.74 Å². The minimum atomic E-state index is 0.171. The third kappa shape index (κ3) is 1.52. The zero-order chi connectivity index (χ0) is 12.9. The Bertz CT molecular complexity index is 610. The number of aromatic nitrogens is 1. The Morgan fingerprint density at radius 2 is 2.00 bits per heavy atom. The lowest BCUT2D eigenvalue weighted by molar-refractivity contribution is -0.0281. The molecule has 1 saturated heterocycles. The standard InChI is InChI=1S/C16H20N2O/c1-18-9-6-13-12-4-2-3-5-14(12)17-15(13)16(18)7-10-19-11-8-16/h2-5,17H,6-11H2,1H3. The number of likely N-dealkylation sites (N-methyl/N-ethyl adjacent to an activating group) is 1. The smallest absolute Gasteiger partial charge is 0.0656 e. The molecule has 4 rings (SSSR count). The van der Waals surface area contributed by atoms with Gasteiger partial charge in [-0.05, 0) is 37.9 Å². The van der Waals surface area contributed by atoms with Crippen LogP contribution in [0.15, 0.2) is 24.3 Å². The molecule has 2 aromatic rings. The van der Waals surface area contributed by atoms with Gasteiger partial charge in [0, 0.05) is 36.4 Å². The molecule has 1 aromatic carbocycles. The van der Waals surface area contributed by atoms with Crippen LogP contribution in [0.2, 0.25) is 0 Å². The van der Waals surface area contributed by atoms with Gasteiger partial charge in [-0.1, -0.05) is 18.2 Å². The van der Waals surface area contributed by atoms with Crippen LogP contribution in [0.25, 0.3) is 10.9 Å². The van der Waals surface area contributed by atoms with Crippen molar-refractivity contribution in [2.75, 3.05) is 26.8 Å². The number of benzene rings is 1.